The predicted molar refractivity (Wildman–Crippen MR) is 77.2 cm³/mol. The predicted octanol–water partition coefficient (Wildman–Crippen LogP) is 2.76. The average molecular weight is 316 g/mol. The van der Waals surface area contributed by atoms with Gasteiger partial charge in [0.1, 0.15) is 5.69 Å². The maximum atomic E-state index is 12.0. The number of carbonyl (C=O) groups is 1. The van der Waals surface area contributed by atoms with Crippen LogP contribution in [0.4, 0.5) is 0 Å². The summed E-state index contributed by atoms with van der Waals surface area (Å²) in [4.78, 5) is 12.5. The van der Waals surface area contributed by atoms with Crippen LogP contribution in [0.2, 0.25) is 0 Å². The zero-order chi connectivity index (χ0) is 13.5. The minimum Gasteiger partial charge on any atom is -0.351 e. The minimum atomic E-state index is -0.0220. The number of nitrogens with one attached hydrogen (secondary N) is 1. The molecular weight excluding hydrogens is 294 g/mol. The number of carbonyl (C=O) groups excluding carboxylic acids is 1. The van der Waals surface area contributed by atoms with Crippen molar-refractivity contribution >= 4 is 21.8 Å². The second-order valence-corrected chi connectivity index (χ2v) is 5.93. The molecule has 102 valence electrons. The summed E-state index contributed by atoms with van der Waals surface area (Å²) in [6.07, 6.45) is 2.90. The van der Waals surface area contributed by atoms with Crippen LogP contribution in [0.5, 0.6) is 0 Å². The van der Waals surface area contributed by atoms with Gasteiger partial charge >= 0.3 is 0 Å². The molecule has 0 aliphatic rings. The Labute approximate surface area is 117 Å². The molecule has 0 spiro atoms. The summed E-state index contributed by atoms with van der Waals surface area (Å²) in [5.41, 5.74) is 1.64. The van der Waals surface area contributed by atoms with Gasteiger partial charge in [-0.2, -0.15) is 5.10 Å². The lowest BCUT2D eigenvalue weighted by atomic mass is 10.2. The normalized spacial score (nSPS) is 12.4. The van der Waals surface area contributed by atoms with Crippen LogP contribution in [0.3, 0.4) is 0 Å². The van der Waals surface area contributed by atoms with E-state index in [0.717, 1.165) is 31.5 Å². The Morgan fingerprint density at radius 2 is 2.28 bits per heavy atom. The van der Waals surface area contributed by atoms with Gasteiger partial charge in [-0.1, -0.05) is 29.8 Å². The van der Waals surface area contributed by atoms with Crippen molar-refractivity contribution in [2.45, 2.75) is 51.4 Å². The van der Waals surface area contributed by atoms with Gasteiger partial charge in [-0.25, -0.2) is 0 Å². The van der Waals surface area contributed by atoms with Crippen molar-refractivity contribution in [2.75, 3.05) is 6.54 Å². The quantitative estimate of drug-likeness (QED) is 0.621. The van der Waals surface area contributed by atoms with Gasteiger partial charge in [0.25, 0.3) is 5.91 Å². The molecular formula is C13H22BrN3O. The molecule has 1 aromatic rings. The van der Waals surface area contributed by atoms with Crippen LogP contribution < -0.4 is 5.32 Å². The number of nitrogens with zero attached hydrogens (tertiary/aromatic N) is 2. The lowest BCUT2D eigenvalue weighted by Crippen LogP contribution is -2.27. The topological polar surface area (TPSA) is 46.9 Å². The highest BCUT2D eigenvalue weighted by molar-refractivity contribution is 9.09. The van der Waals surface area contributed by atoms with Crippen LogP contribution in [0.1, 0.15) is 49.8 Å². The van der Waals surface area contributed by atoms with Crippen molar-refractivity contribution in [1.82, 2.24) is 15.1 Å². The molecule has 5 heteroatoms. The SMILES string of the molecule is CCc1cc(C(=O)NCCCC(C)Br)n(CC)n1. The van der Waals surface area contributed by atoms with E-state index in [9.17, 15) is 4.79 Å². The van der Waals surface area contributed by atoms with E-state index in [1.54, 1.807) is 4.68 Å². The standard InChI is InChI=1S/C13H22BrN3O/c1-4-11-9-12(17(5-2)16-11)13(18)15-8-6-7-10(3)14/h9-10H,4-8H2,1-3H3,(H,15,18). The molecule has 18 heavy (non-hydrogen) atoms. The summed E-state index contributed by atoms with van der Waals surface area (Å²) in [5, 5.41) is 7.32. The van der Waals surface area contributed by atoms with Crippen molar-refractivity contribution in [2.24, 2.45) is 0 Å². The number of hydrogen-bond acceptors (Lipinski definition) is 2. The van der Waals surface area contributed by atoms with Crippen LogP contribution in [0.15, 0.2) is 6.07 Å². The van der Waals surface area contributed by atoms with Gasteiger partial charge in [0.05, 0.1) is 5.69 Å². The lowest BCUT2D eigenvalue weighted by Gasteiger charge is -2.07. The molecule has 0 saturated carbocycles. The summed E-state index contributed by atoms with van der Waals surface area (Å²) in [6, 6.07) is 1.88. The fourth-order valence-electron chi connectivity index (χ4n) is 1.74. The van der Waals surface area contributed by atoms with Crippen LogP contribution >= 0.6 is 15.9 Å². The average Bonchev–Trinajstić information content (AvgIpc) is 2.77. The number of alkyl halides is 1. The van der Waals surface area contributed by atoms with Crippen LogP contribution in [-0.4, -0.2) is 27.1 Å². The van der Waals surface area contributed by atoms with Crippen molar-refractivity contribution in [1.29, 1.82) is 0 Å². The molecule has 0 fully saturated rings. The highest BCUT2D eigenvalue weighted by Gasteiger charge is 2.13. The number of rotatable bonds is 7. The van der Waals surface area contributed by atoms with Crippen LogP contribution in [-0.2, 0) is 13.0 Å². The van der Waals surface area contributed by atoms with Crippen molar-refractivity contribution in [3.05, 3.63) is 17.5 Å². The molecule has 4 nitrogen and oxygen atoms in total. The number of aromatic nitrogens is 2. The molecule has 0 aromatic carbocycles. The van der Waals surface area contributed by atoms with E-state index in [2.05, 4.69) is 33.3 Å². The Morgan fingerprint density at radius 3 is 2.83 bits per heavy atom. The Bertz CT molecular complexity index is 388. The van der Waals surface area contributed by atoms with Crippen LogP contribution in [0.25, 0.3) is 0 Å². The van der Waals surface area contributed by atoms with Gasteiger partial charge < -0.3 is 5.32 Å². The molecule has 1 N–H and O–H groups in total. The zero-order valence-corrected chi connectivity index (χ0v) is 13.0. The number of halogens is 1. The van der Waals surface area contributed by atoms with E-state index in [1.807, 2.05) is 19.9 Å². The van der Waals surface area contributed by atoms with E-state index in [4.69, 9.17) is 0 Å². The van der Waals surface area contributed by atoms with Gasteiger partial charge in [-0.05, 0) is 32.3 Å². The Kier molecular flexibility index (Phi) is 6.39. The number of hydrogen-bond donors (Lipinski definition) is 1. The zero-order valence-electron chi connectivity index (χ0n) is 11.4. The van der Waals surface area contributed by atoms with Gasteiger partial charge in [0.15, 0.2) is 0 Å². The fourth-order valence-corrected chi connectivity index (χ4v) is 2.07. The third kappa shape index (κ3) is 4.44. The second-order valence-electron chi connectivity index (χ2n) is 4.37. The Morgan fingerprint density at radius 1 is 1.56 bits per heavy atom. The molecule has 1 aromatic heterocycles. The third-order valence-electron chi connectivity index (χ3n) is 2.79. The molecule has 1 atom stereocenters. The van der Waals surface area contributed by atoms with E-state index in [0.29, 0.717) is 17.1 Å². The van der Waals surface area contributed by atoms with Gasteiger partial charge in [0.2, 0.25) is 0 Å². The van der Waals surface area contributed by atoms with Crippen LogP contribution in [0, 0.1) is 0 Å². The van der Waals surface area contributed by atoms with E-state index in [1.165, 1.54) is 0 Å². The molecule has 0 aliphatic heterocycles. The molecule has 1 rings (SSSR count). The van der Waals surface area contributed by atoms with E-state index < -0.39 is 0 Å². The molecule has 1 unspecified atom stereocenters. The highest BCUT2D eigenvalue weighted by atomic mass is 79.9. The van der Waals surface area contributed by atoms with Crippen molar-refractivity contribution in [3.63, 3.8) is 0 Å². The molecule has 1 heterocycles. The van der Waals surface area contributed by atoms with Gasteiger partial charge in [0, 0.05) is 17.9 Å². The summed E-state index contributed by atoms with van der Waals surface area (Å²) >= 11 is 3.50. The Balaban J connectivity index is 2.52. The summed E-state index contributed by atoms with van der Waals surface area (Å²) in [6.45, 7) is 7.59. The number of aryl methyl sites for hydroxylation is 2. The highest BCUT2D eigenvalue weighted by Crippen LogP contribution is 2.07. The summed E-state index contributed by atoms with van der Waals surface area (Å²) in [5.74, 6) is -0.0220. The first-order valence-corrected chi connectivity index (χ1v) is 7.49. The Hall–Kier alpha value is -0.840. The maximum absolute atomic E-state index is 12.0. The largest absolute Gasteiger partial charge is 0.351 e. The monoisotopic (exact) mass is 315 g/mol. The smallest absolute Gasteiger partial charge is 0.269 e. The van der Waals surface area contributed by atoms with Gasteiger partial charge in [-0.3, -0.25) is 9.48 Å². The first-order valence-electron chi connectivity index (χ1n) is 6.57. The molecule has 0 radical (unpaired) electrons. The van der Waals surface area contributed by atoms with Gasteiger partial charge in [-0.15, -0.1) is 0 Å². The first-order chi connectivity index (χ1) is 8.58. The maximum Gasteiger partial charge on any atom is 0.269 e. The molecule has 0 bridgehead atoms. The minimum absolute atomic E-state index is 0.0220. The summed E-state index contributed by atoms with van der Waals surface area (Å²) in [7, 11) is 0. The van der Waals surface area contributed by atoms with E-state index in [-0.39, 0.29) is 5.91 Å². The van der Waals surface area contributed by atoms with Crippen molar-refractivity contribution < 1.29 is 4.79 Å². The first kappa shape index (κ1) is 15.2. The molecule has 0 aliphatic carbocycles. The summed E-state index contributed by atoms with van der Waals surface area (Å²) < 4.78 is 1.77. The van der Waals surface area contributed by atoms with E-state index >= 15 is 0 Å². The second kappa shape index (κ2) is 7.56. The third-order valence-corrected chi connectivity index (χ3v) is 3.25. The lowest BCUT2D eigenvalue weighted by molar-refractivity contribution is 0.0942. The number of amides is 1. The molecule has 0 saturated heterocycles. The van der Waals surface area contributed by atoms with Crippen molar-refractivity contribution in [3.8, 4) is 0 Å². The fraction of sp³-hybridized carbons (Fsp3) is 0.692. The molecule has 1 amide bonds.